The van der Waals surface area contributed by atoms with E-state index in [-0.39, 0.29) is 12.5 Å². The highest BCUT2D eigenvalue weighted by atomic mass is 16.2. The minimum absolute atomic E-state index is 0.292. The summed E-state index contributed by atoms with van der Waals surface area (Å²) in [6, 6.07) is 14.4. The van der Waals surface area contributed by atoms with Crippen molar-refractivity contribution in [3.05, 3.63) is 65.2 Å². The number of amides is 4. The molecular weight excluding hydrogens is 342 g/mol. The summed E-state index contributed by atoms with van der Waals surface area (Å²) < 4.78 is 0. The number of nitrogens with one attached hydrogen (secondary N) is 2. The number of hydrogen-bond acceptors (Lipinski definition) is 3. The molecule has 1 heterocycles. The Kier molecular flexibility index (Phi) is 5.54. The molecule has 0 spiro atoms. The van der Waals surface area contributed by atoms with Gasteiger partial charge in [0.05, 0.1) is 0 Å². The summed E-state index contributed by atoms with van der Waals surface area (Å²) in [6.45, 7) is 3.53. The topological polar surface area (TPSA) is 78.5 Å². The molecule has 1 unspecified atom stereocenters. The minimum Gasteiger partial charge on any atom is -0.326 e. The van der Waals surface area contributed by atoms with Crippen LogP contribution in [-0.2, 0) is 16.0 Å². The number of nitrogens with zero attached hydrogens (tertiary/aromatic N) is 1. The Morgan fingerprint density at radius 1 is 1.11 bits per heavy atom. The summed E-state index contributed by atoms with van der Waals surface area (Å²) in [6.07, 6.45) is 1.18. The van der Waals surface area contributed by atoms with E-state index in [2.05, 4.69) is 10.6 Å². The lowest BCUT2D eigenvalue weighted by Crippen LogP contribution is -2.38. The van der Waals surface area contributed by atoms with Crippen LogP contribution in [-0.4, -0.2) is 35.3 Å². The van der Waals surface area contributed by atoms with Gasteiger partial charge >= 0.3 is 6.03 Å². The number of rotatable bonds is 6. The summed E-state index contributed by atoms with van der Waals surface area (Å²) >= 11 is 0. The average Bonchev–Trinajstić information content (AvgIpc) is 2.91. The lowest BCUT2D eigenvalue weighted by atomic mass is 10.1. The van der Waals surface area contributed by atoms with Gasteiger partial charge < -0.3 is 10.6 Å². The first-order chi connectivity index (χ1) is 12.9. The number of carbonyl (C=O) groups is 3. The van der Waals surface area contributed by atoms with Crippen molar-refractivity contribution in [2.24, 2.45) is 0 Å². The maximum absolute atomic E-state index is 12.5. The fourth-order valence-electron chi connectivity index (χ4n) is 3.08. The monoisotopic (exact) mass is 365 g/mol. The van der Waals surface area contributed by atoms with Gasteiger partial charge in [-0.1, -0.05) is 42.5 Å². The van der Waals surface area contributed by atoms with Gasteiger partial charge in [-0.05, 0) is 49.4 Å². The van der Waals surface area contributed by atoms with Gasteiger partial charge in [-0.15, -0.1) is 0 Å². The molecule has 3 rings (SSSR count). The number of carbonyl (C=O) groups excluding carboxylic acids is 3. The molecule has 1 atom stereocenters. The van der Waals surface area contributed by atoms with Crippen LogP contribution in [0.2, 0.25) is 0 Å². The van der Waals surface area contributed by atoms with E-state index in [4.69, 9.17) is 0 Å². The van der Waals surface area contributed by atoms with E-state index < -0.39 is 18.0 Å². The fourth-order valence-corrected chi connectivity index (χ4v) is 3.08. The molecule has 6 nitrogen and oxygen atoms in total. The highest BCUT2D eigenvalue weighted by molar-refractivity contribution is 6.08. The number of hydrogen-bond donors (Lipinski definition) is 2. The quantitative estimate of drug-likeness (QED) is 0.773. The standard InChI is InChI=1S/C21H23N3O3/c1-14-8-9-15(2)18(12-14)22-19(25)13-24-20(26)17(23-21(24)27)11-10-16-6-4-3-5-7-16/h3-9,12,17H,10-11,13H2,1-2H3,(H,22,25)(H,23,27). The molecule has 2 N–H and O–H groups in total. The van der Waals surface area contributed by atoms with Crippen molar-refractivity contribution < 1.29 is 14.4 Å². The maximum atomic E-state index is 12.5. The molecule has 1 aliphatic heterocycles. The van der Waals surface area contributed by atoms with Crippen molar-refractivity contribution in [1.82, 2.24) is 10.2 Å². The zero-order chi connectivity index (χ0) is 19.4. The van der Waals surface area contributed by atoms with E-state index in [1.165, 1.54) is 0 Å². The third kappa shape index (κ3) is 4.53. The predicted molar refractivity (Wildman–Crippen MR) is 103 cm³/mol. The summed E-state index contributed by atoms with van der Waals surface area (Å²) in [5, 5.41) is 5.45. The van der Waals surface area contributed by atoms with Crippen LogP contribution in [0, 0.1) is 13.8 Å². The van der Waals surface area contributed by atoms with Gasteiger partial charge in [-0.3, -0.25) is 14.5 Å². The van der Waals surface area contributed by atoms with Gasteiger partial charge in [0.15, 0.2) is 0 Å². The molecule has 1 aliphatic rings. The first-order valence-electron chi connectivity index (χ1n) is 8.97. The van der Waals surface area contributed by atoms with Crippen molar-refractivity contribution in [3.8, 4) is 0 Å². The second-order valence-electron chi connectivity index (χ2n) is 6.82. The molecule has 27 heavy (non-hydrogen) atoms. The molecule has 0 saturated carbocycles. The van der Waals surface area contributed by atoms with Crippen molar-refractivity contribution in [2.45, 2.75) is 32.7 Å². The van der Waals surface area contributed by atoms with Crippen LogP contribution in [0.1, 0.15) is 23.1 Å². The maximum Gasteiger partial charge on any atom is 0.325 e. The normalized spacial score (nSPS) is 16.4. The second kappa shape index (κ2) is 8.03. The van der Waals surface area contributed by atoms with E-state index in [0.717, 1.165) is 21.6 Å². The van der Waals surface area contributed by atoms with Gasteiger partial charge in [-0.2, -0.15) is 0 Å². The van der Waals surface area contributed by atoms with Gasteiger partial charge in [0.2, 0.25) is 5.91 Å². The van der Waals surface area contributed by atoms with Crippen LogP contribution >= 0.6 is 0 Å². The molecule has 6 heteroatoms. The molecular formula is C21H23N3O3. The summed E-state index contributed by atoms with van der Waals surface area (Å²) in [5.74, 6) is -0.747. The predicted octanol–water partition coefficient (Wildman–Crippen LogP) is 2.80. The van der Waals surface area contributed by atoms with Crippen molar-refractivity contribution in [2.75, 3.05) is 11.9 Å². The van der Waals surface area contributed by atoms with E-state index >= 15 is 0 Å². The molecule has 0 aromatic heterocycles. The Balaban J connectivity index is 1.58. The highest BCUT2D eigenvalue weighted by Crippen LogP contribution is 2.17. The van der Waals surface area contributed by atoms with Gasteiger partial charge in [0.1, 0.15) is 12.6 Å². The number of benzene rings is 2. The fraction of sp³-hybridized carbons (Fsp3) is 0.286. The first-order valence-corrected chi connectivity index (χ1v) is 8.97. The lowest BCUT2D eigenvalue weighted by Gasteiger charge is -2.14. The molecule has 0 aliphatic carbocycles. The van der Waals surface area contributed by atoms with Crippen LogP contribution in [0.5, 0.6) is 0 Å². The van der Waals surface area contributed by atoms with Gasteiger partial charge in [0.25, 0.3) is 5.91 Å². The lowest BCUT2D eigenvalue weighted by molar-refractivity contribution is -0.130. The second-order valence-corrected chi connectivity index (χ2v) is 6.82. The van der Waals surface area contributed by atoms with Crippen LogP contribution in [0.3, 0.4) is 0 Å². The summed E-state index contributed by atoms with van der Waals surface area (Å²) in [4.78, 5) is 37.9. The van der Waals surface area contributed by atoms with E-state index in [9.17, 15) is 14.4 Å². The van der Waals surface area contributed by atoms with Crippen molar-refractivity contribution in [1.29, 1.82) is 0 Å². The van der Waals surface area contributed by atoms with E-state index in [0.29, 0.717) is 18.5 Å². The van der Waals surface area contributed by atoms with Crippen molar-refractivity contribution in [3.63, 3.8) is 0 Å². The Hall–Kier alpha value is -3.15. The Morgan fingerprint density at radius 2 is 1.85 bits per heavy atom. The molecule has 140 valence electrons. The molecule has 4 amide bonds. The largest absolute Gasteiger partial charge is 0.326 e. The zero-order valence-corrected chi connectivity index (χ0v) is 15.5. The van der Waals surface area contributed by atoms with Crippen LogP contribution in [0.25, 0.3) is 0 Å². The first kappa shape index (κ1) is 18.6. The zero-order valence-electron chi connectivity index (χ0n) is 15.5. The number of anilines is 1. The number of aryl methyl sites for hydroxylation is 3. The molecule has 2 aromatic rings. The Bertz CT molecular complexity index is 864. The number of imide groups is 1. The molecule has 1 saturated heterocycles. The Morgan fingerprint density at radius 3 is 2.59 bits per heavy atom. The molecule has 2 aromatic carbocycles. The van der Waals surface area contributed by atoms with E-state index in [1.54, 1.807) is 0 Å². The Labute approximate surface area is 158 Å². The average molecular weight is 365 g/mol. The minimum atomic E-state index is -0.591. The molecule has 0 bridgehead atoms. The van der Waals surface area contributed by atoms with Gasteiger partial charge in [-0.25, -0.2) is 4.79 Å². The smallest absolute Gasteiger partial charge is 0.325 e. The molecule has 1 fully saturated rings. The summed E-state index contributed by atoms with van der Waals surface area (Å²) in [5.41, 5.74) is 3.73. The van der Waals surface area contributed by atoms with Crippen LogP contribution in [0.4, 0.5) is 10.5 Å². The van der Waals surface area contributed by atoms with Crippen molar-refractivity contribution >= 4 is 23.5 Å². The third-order valence-electron chi connectivity index (χ3n) is 4.64. The molecule has 0 radical (unpaired) electrons. The van der Waals surface area contributed by atoms with E-state index in [1.807, 2.05) is 62.4 Å². The van der Waals surface area contributed by atoms with Crippen LogP contribution < -0.4 is 10.6 Å². The SMILES string of the molecule is Cc1ccc(C)c(NC(=O)CN2C(=O)NC(CCc3ccccc3)C2=O)c1. The third-order valence-corrected chi connectivity index (χ3v) is 4.64. The number of urea groups is 1. The highest BCUT2D eigenvalue weighted by Gasteiger charge is 2.38. The summed E-state index contributed by atoms with van der Waals surface area (Å²) in [7, 11) is 0. The van der Waals surface area contributed by atoms with Gasteiger partial charge in [0, 0.05) is 5.69 Å². The van der Waals surface area contributed by atoms with Crippen LogP contribution in [0.15, 0.2) is 48.5 Å².